The molecular weight excluding hydrogens is 368 g/mol. The van der Waals surface area contributed by atoms with Crippen molar-refractivity contribution in [2.75, 3.05) is 33.4 Å². The van der Waals surface area contributed by atoms with Crippen LogP contribution in [-0.4, -0.2) is 59.0 Å². The third-order valence-corrected chi connectivity index (χ3v) is 6.26. The molecule has 1 atom stereocenters. The third kappa shape index (κ3) is 3.88. The zero-order chi connectivity index (χ0) is 20.4. The molecule has 2 aromatic rings. The highest BCUT2D eigenvalue weighted by atomic mass is 16.5. The molecule has 2 aliphatic rings. The van der Waals surface area contributed by atoms with E-state index in [-0.39, 0.29) is 17.2 Å². The molecule has 1 aromatic carbocycles. The monoisotopic (exact) mass is 398 g/mol. The molecule has 29 heavy (non-hydrogen) atoms. The highest BCUT2D eigenvalue weighted by Crippen LogP contribution is 2.49. The second kappa shape index (κ2) is 8.14. The van der Waals surface area contributed by atoms with Gasteiger partial charge < -0.3 is 18.9 Å². The Bertz CT molecular complexity index is 857. The lowest BCUT2D eigenvalue weighted by Gasteiger charge is -2.37. The largest absolute Gasteiger partial charge is 0.497 e. The fourth-order valence-electron chi connectivity index (χ4n) is 4.77. The Kier molecular flexibility index (Phi) is 5.58. The van der Waals surface area contributed by atoms with Crippen molar-refractivity contribution < 1.29 is 14.3 Å². The summed E-state index contributed by atoms with van der Waals surface area (Å²) in [5.41, 5.74) is 0.657. The maximum Gasteiger partial charge on any atom is 0.254 e. The minimum absolute atomic E-state index is 0.00542. The highest BCUT2D eigenvalue weighted by molar-refractivity contribution is 5.95. The van der Waals surface area contributed by atoms with Crippen molar-refractivity contribution in [3.63, 3.8) is 0 Å². The Hall–Kier alpha value is -2.41. The van der Waals surface area contributed by atoms with Crippen LogP contribution < -0.4 is 4.74 Å². The van der Waals surface area contributed by atoms with Gasteiger partial charge >= 0.3 is 0 Å². The van der Waals surface area contributed by atoms with Crippen molar-refractivity contribution in [2.24, 2.45) is 11.3 Å². The van der Waals surface area contributed by atoms with Crippen molar-refractivity contribution in [1.82, 2.24) is 19.7 Å². The zero-order valence-corrected chi connectivity index (χ0v) is 17.5. The van der Waals surface area contributed by atoms with E-state index in [0.29, 0.717) is 23.8 Å². The van der Waals surface area contributed by atoms with E-state index in [2.05, 4.69) is 28.6 Å². The van der Waals surface area contributed by atoms with E-state index in [9.17, 15) is 4.79 Å². The number of benzene rings is 1. The number of carbonyl (C=O) groups is 1. The number of ether oxygens (including phenoxy) is 2. The van der Waals surface area contributed by atoms with Crippen LogP contribution in [0.1, 0.15) is 48.8 Å². The summed E-state index contributed by atoms with van der Waals surface area (Å²) < 4.78 is 13.1. The van der Waals surface area contributed by atoms with Crippen LogP contribution in [0.2, 0.25) is 0 Å². The van der Waals surface area contributed by atoms with Gasteiger partial charge in [0.25, 0.3) is 5.91 Å². The highest BCUT2D eigenvalue weighted by Gasteiger charge is 2.51. The number of methoxy groups -OCH3 is 1. The fourth-order valence-corrected chi connectivity index (χ4v) is 4.77. The van der Waals surface area contributed by atoms with Crippen molar-refractivity contribution in [2.45, 2.75) is 39.2 Å². The Balaban J connectivity index is 1.64. The van der Waals surface area contributed by atoms with Crippen molar-refractivity contribution in [3.8, 4) is 5.75 Å². The summed E-state index contributed by atoms with van der Waals surface area (Å²) in [7, 11) is 1.62. The van der Waals surface area contributed by atoms with E-state index < -0.39 is 0 Å². The van der Waals surface area contributed by atoms with Crippen LogP contribution in [0.25, 0.3) is 0 Å². The molecule has 0 N–H and O–H groups in total. The molecule has 1 spiro atoms. The lowest BCUT2D eigenvalue weighted by molar-refractivity contribution is 0.0106. The number of nitrogens with zero attached hydrogens (tertiary/aromatic N) is 4. The number of hydrogen-bond acceptors (Lipinski definition) is 5. The average Bonchev–Trinajstić information content (AvgIpc) is 3.32. The van der Waals surface area contributed by atoms with Gasteiger partial charge in [-0.3, -0.25) is 4.79 Å². The third-order valence-electron chi connectivity index (χ3n) is 6.26. The van der Waals surface area contributed by atoms with E-state index in [1.807, 2.05) is 35.5 Å². The van der Waals surface area contributed by atoms with Gasteiger partial charge in [0.1, 0.15) is 17.9 Å². The van der Waals surface area contributed by atoms with Gasteiger partial charge in [-0.05, 0) is 37.0 Å². The molecule has 4 rings (SSSR count). The van der Waals surface area contributed by atoms with Crippen LogP contribution in [0.5, 0.6) is 5.75 Å². The Labute approximate surface area is 172 Å². The molecule has 0 saturated carbocycles. The molecule has 2 aliphatic heterocycles. The number of hydrogen-bond donors (Lipinski definition) is 0. The number of aromatic nitrogens is 3. The van der Waals surface area contributed by atoms with Crippen LogP contribution in [0.3, 0.4) is 0 Å². The van der Waals surface area contributed by atoms with Gasteiger partial charge in [-0.1, -0.05) is 19.9 Å². The number of carbonyl (C=O) groups excluding carboxylic acids is 1. The summed E-state index contributed by atoms with van der Waals surface area (Å²) in [5.74, 6) is 2.42. The Morgan fingerprint density at radius 2 is 2.14 bits per heavy atom. The van der Waals surface area contributed by atoms with E-state index in [1.165, 1.54) is 0 Å². The Morgan fingerprint density at radius 3 is 2.86 bits per heavy atom. The van der Waals surface area contributed by atoms with Gasteiger partial charge in [-0.2, -0.15) is 0 Å². The lowest BCUT2D eigenvalue weighted by Crippen LogP contribution is -2.38. The van der Waals surface area contributed by atoms with Gasteiger partial charge in [0.2, 0.25) is 0 Å². The SMILES string of the molecule is COc1cccc(C(=O)N2CC(c3nncn3CC(C)C)C3(CCOCC3)C2)c1. The van der Waals surface area contributed by atoms with Crippen LogP contribution in [0.4, 0.5) is 0 Å². The minimum Gasteiger partial charge on any atom is -0.497 e. The van der Waals surface area contributed by atoms with Crippen LogP contribution >= 0.6 is 0 Å². The maximum absolute atomic E-state index is 13.3. The zero-order valence-electron chi connectivity index (χ0n) is 17.5. The molecule has 1 unspecified atom stereocenters. The van der Waals surface area contributed by atoms with Crippen LogP contribution in [0, 0.1) is 11.3 Å². The first-order valence-corrected chi connectivity index (χ1v) is 10.4. The molecule has 7 nitrogen and oxygen atoms in total. The van der Waals surface area contributed by atoms with Gasteiger partial charge in [0.05, 0.1) is 7.11 Å². The topological polar surface area (TPSA) is 69.5 Å². The lowest BCUT2D eigenvalue weighted by atomic mass is 9.71. The summed E-state index contributed by atoms with van der Waals surface area (Å²) in [6.45, 7) is 8.13. The summed E-state index contributed by atoms with van der Waals surface area (Å²) >= 11 is 0. The molecule has 1 aromatic heterocycles. The van der Waals surface area contributed by atoms with Gasteiger partial charge in [0, 0.05) is 49.7 Å². The molecule has 0 radical (unpaired) electrons. The summed E-state index contributed by atoms with van der Waals surface area (Å²) in [6.07, 6.45) is 3.71. The normalized spacial score (nSPS) is 21.1. The average molecular weight is 399 g/mol. The predicted molar refractivity (Wildman–Crippen MR) is 109 cm³/mol. The quantitative estimate of drug-likeness (QED) is 0.774. The van der Waals surface area contributed by atoms with Crippen molar-refractivity contribution >= 4 is 5.91 Å². The number of amides is 1. The summed E-state index contributed by atoms with van der Waals surface area (Å²) in [5, 5.41) is 8.72. The standard InChI is InChI=1S/C22H30N4O3/c1-16(2)12-26-15-23-24-20(26)19-13-25(14-22(19)7-9-29-10-8-22)21(27)17-5-4-6-18(11-17)28-3/h4-6,11,15-16,19H,7-10,12-14H2,1-3H3. The molecular formula is C22H30N4O3. The second-order valence-corrected chi connectivity index (χ2v) is 8.68. The second-order valence-electron chi connectivity index (χ2n) is 8.68. The van der Waals surface area contributed by atoms with E-state index in [4.69, 9.17) is 9.47 Å². The first kappa shape index (κ1) is 19.9. The molecule has 3 heterocycles. The van der Waals surface area contributed by atoms with Gasteiger partial charge in [-0.15, -0.1) is 10.2 Å². The van der Waals surface area contributed by atoms with Crippen molar-refractivity contribution in [3.05, 3.63) is 42.0 Å². The summed E-state index contributed by atoms with van der Waals surface area (Å²) in [6, 6.07) is 7.39. The summed E-state index contributed by atoms with van der Waals surface area (Å²) in [4.78, 5) is 15.3. The first-order chi connectivity index (χ1) is 14.0. The molecule has 2 saturated heterocycles. The fraction of sp³-hybridized carbons (Fsp3) is 0.591. The van der Waals surface area contributed by atoms with Gasteiger partial charge in [0.15, 0.2) is 0 Å². The molecule has 0 bridgehead atoms. The molecule has 2 fully saturated rings. The predicted octanol–water partition coefficient (Wildman–Crippen LogP) is 2.98. The molecule has 1 amide bonds. The molecule has 156 valence electrons. The van der Waals surface area contributed by atoms with Gasteiger partial charge in [-0.25, -0.2) is 0 Å². The van der Waals surface area contributed by atoms with E-state index in [1.54, 1.807) is 7.11 Å². The van der Waals surface area contributed by atoms with E-state index >= 15 is 0 Å². The van der Waals surface area contributed by atoms with E-state index in [0.717, 1.165) is 45.0 Å². The van der Waals surface area contributed by atoms with Crippen molar-refractivity contribution in [1.29, 1.82) is 0 Å². The maximum atomic E-state index is 13.3. The number of rotatable bonds is 5. The smallest absolute Gasteiger partial charge is 0.254 e. The molecule has 7 heteroatoms. The van der Waals surface area contributed by atoms with Crippen LogP contribution in [0.15, 0.2) is 30.6 Å². The number of likely N-dealkylation sites (tertiary alicyclic amines) is 1. The molecule has 0 aliphatic carbocycles. The Morgan fingerprint density at radius 1 is 1.34 bits per heavy atom. The first-order valence-electron chi connectivity index (χ1n) is 10.4. The minimum atomic E-state index is -0.00542. The van der Waals surface area contributed by atoms with Crippen LogP contribution in [-0.2, 0) is 11.3 Å².